The van der Waals surface area contributed by atoms with Gasteiger partial charge < -0.3 is 9.47 Å². The first kappa shape index (κ1) is 26.7. The molecule has 4 heteroatoms. The van der Waals surface area contributed by atoms with Crippen LogP contribution in [0.2, 0.25) is 0 Å². The van der Waals surface area contributed by atoms with E-state index in [2.05, 4.69) is 12.1 Å². The maximum absolute atomic E-state index is 14.5. The first-order valence-corrected chi connectivity index (χ1v) is 13.3. The van der Waals surface area contributed by atoms with Gasteiger partial charge in [0.15, 0.2) is 11.6 Å². The van der Waals surface area contributed by atoms with Crippen LogP contribution in [0.1, 0.15) is 83.1 Å². The highest BCUT2D eigenvalue weighted by atomic mass is 19.2. The van der Waals surface area contributed by atoms with Gasteiger partial charge in [-0.05, 0) is 61.3 Å². The zero-order valence-corrected chi connectivity index (χ0v) is 21.1. The fourth-order valence-electron chi connectivity index (χ4n) is 5.26. The molecule has 0 unspecified atom stereocenters. The van der Waals surface area contributed by atoms with Crippen molar-refractivity contribution in [2.24, 2.45) is 11.8 Å². The minimum Gasteiger partial charge on any atom is -0.491 e. The molecule has 0 bridgehead atoms. The lowest BCUT2D eigenvalue weighted by Gasteiger charge is -2.28. The Morgan fingerprint density at radius 2 is 1.41 bits per heavy atom. The summed E-state index contributed by atoms with van der Waals surface area (Å²) in [6.07, 6.45) is 15.7. The summed E-state index contributed by atoms with van der Waals surface area (Å²) in [6.45, 7) is 2.96. The van der Waals surface area contributed by atoms with Gasteiger partial charge in [0, 0.05) is 19.3 Å². The number of halogens is 2. The van der Waals surface area contributed by atoms with E-state index in [1.165, 1.54) is 82.3 Å². The predicted octanol–water partition coefficient (Wildman–Crippen LogP) is 8.76. The number of ether oxygens (including phenoxy) is 2. The van der Waals surface area contributed by atoms with Crippen LogP contribution < -0.4 is 4.74 Å². The van der Waals surface area contributed by atoms with E-state index in [1.54, 1.807) is 20.1 Å². The lowest BCUT2D eigenvalue weighted by molar-refractivity contribution is 0.191. The molecule has 1 saturated carbocycles. The number of hydrogen-bond donors (Lipinski definition) is 0. The van der Waals surface area contributed by atoms with Crippen molar-refractivity contribution in [1.82, 2.24) is 0 Å². The van der Waals surface area contributed by atoms with Crippen molar-refractivity contribution in [3.05, 3.63) is 53.6 Å². The molecule has 2 aromatic rings. The van der Waals surface area contributed by atoms with Crippen LogP contribution in [-0.2, 0) is 11.2 Å². The summed E-state index contributed by atoms with van der Waals surface area (Å²) < 4.78 is 39.0. The summed E-state index contributed by atoms with van der Waals surface area (Å²) in [5.74, 6) is -0.0442. The summed E-state index contributed by atoms with van der Waals surface area (Å²) in [5, 5.41) is 0. The van der Waals surface area contributed by atoms with Crippen molar-refractivity contribution in [2.75, 3.05) is 20.3 Å². The van der Waals surface area contributed by atoms with E-state index in [1.807, 2.05) is 12.1 Å². The highest BCUT2D eigenvalue weighted by Crippen LogP contribution is 2.35. The Morgan fingerprint density at radius 3 is 2.09 bits per heavy atom. The van der Waals surface area contributed by atoms with E-state index in [9.17, 15) is 8.78 Å². The predicted molar refractivity (Wildman–Crippen MR) is 136 cm³/mol. The van der Waals surface area contributed by atoms with E-state index < -0.39 is 11.6 Å². The van der Waals surface area contributed by atoms with Gasteiger partial charge in [-0.25, -0.2) is 4.39 Å². The quantitative estimate of drug-likeness (QED) is 0.256. The van der Waals surface area contributed by atoms with Crippen LogP contribution in [0.3, 0.4) is 0 Å². The zero-order chi connectivity index (χ0) is 24.2. The summed E-state index contributed by atoms with van der Waals surface area (Å²) in [4.78, 5) is 0. The van der Waals surface area contributed by atoms with Crippen LogP contribution in [-0.4, -0.2) is 20.3 Å². The van der Waals surface area contributed by atoms with E-state index in [4.69, 9.17) is 9.47 Å². The molecule has 0 atom stereocenters. The summed E-state index contributed by atoms with van der Waals surface area (Å²) in [5.41, 5.74) is 2.24. The Morgan fingerprint density at radius 1 is 0.765 bits per heavy atom. The molecule has 1 aliphatic carbocycles. The molecule has 2 nitrogen and oxygen atoms in total. The molecule has 2 aromatic carbocycles. The fourth-order valence-corrected chi connectivity index (χ4v) is 5.26. The summed E-state index contributed by atoms with van der Waals surface area (Å²) >= 11 is 0. The molecular formula is C30H42F2O2. The van der Waals surface area contributed by atoms with Gasteiger partial charge in [-0.1, -0.05) is 82.1 Å². The first-order chi connectivity index (χ1) is 16.6. The zero-order valence-electron chi connectivity index (χ0n) is 21.1. The highest BCUT2D eigenvalue weighted by Gasteiger charge is 2.21. The van der Waals surface area contributed by atoms with Gasteiger partial charge in [0.2, 0.25) is 5.82 Å². The molecule has 1 fully saturated rings. The maximum atomic E-state index is 14.5. The summed E-state index contributed by atoms with van der Waals surface area (Å²) in [6, 6.07) is 11.0. The second kappa shape index (κ2) is 14.5. The molecule has 0 spiro atoms. The van der Waals surface area contributed by atoms with E-state index in [-0.39, 0.29) is 11.3 Å². The van der Waals surface area contributed by atoms with E-state index >= 15 is 0 Å². The topological polar surface area (TPSA) is 18.5 Å². The average Bonchev–Trinajstić information content (AvgIpc) is 2.86. The SMILES string of the molecule is CCOc1ccc(-c2ccc(CCC3CCC(CCCCCCCOC)CC3)cc2)c(F)c1F. The number of hydrogen-bond acceptors (Lipinski definition) is 2. The molecule has 0 saturated heterocycles. The number of aryl methyl sites for hydroxylation is 1. The van der Waals surface area contributed by atoms with Crippen LogP contribution in [0, 0.1) is 23.5 Å². The Bertz CT molecular complexity index is 842. The maximum Gasteiger partial charge on any atom is 0.201 e. The van der Waals surface area contributed by atoms with Crippen molar-refractivity contribution in [3.8, 4) is 16.9 Å². The van der Waals surface area contributed by atoms with Crippen molar-refractivity contribution < 1.29 is 18.3 Å². The molecule has 1 aliphatic rings. The van der Waals surface area contributed by atoms with Crippen LogP contribution >= 0.6 is 0 Å². The van der Waals surface area contributed by atoms with Crippen molar-refractivity contribution in [2.45, 2.75) is 84.0 Å². The molecule has 3 rings (SSSR count). The molecule has 0 N–H and O–H groups in total. The number of rotatable bonds is 14. The number of benzene rings is 2. The van der Waals surface area contributed by atoms with Crippen LogP contribution in [0.25, 0.3) is 11.1 Å². The molecule has 0 heterocycles. The molecule has 34 heavy (non-hydrogen) atoms. The van der Waals surface area contributed by atoms with Crippen molar-refractivity contribution >= 4 is 0 Å². The largest absolute Gasteiger partial charge is 0.491 e. The third kappa shape index (κ3) is 8.08. The van der Waals surface area contributed by atoms with Gasteiger partial charge in [0.25, 0.3) is 0 Å². The normalized spacial score (nSPS) is 18.2. The minimum absolute atomic E-state index is 0.0342. The second-order valence-electron chi connectivity index (χ2n) is 9.84. The Balaban J connectivity index is 1.37. The third-order valence-corrected chi connectivity index (χ3v) is 7.38. The van der Waals surface area contributed by atoms with Crippen LogP contribution in [0.5, 0.6) is 5.75 Å². The molecule has 0 radical (unpaired) electrons. The van der Waals surface area contributed by atoms with Gasteiger partial charge in [-0.15, -0.1) is 0 Å². The molecular weight excluding hydrogens is 430 g/mol. The Kier molecular flexibility index (Phi) is 11.3. The standard InChI is InChI=1S/C30H42F2O2/c1-3-34-28-21-20-27(29(31)30(28)32)26-18-16-25(17-19-26)15-14-24-12-10-23(11-13-24)9-7-5-4-6-8-22-33-2/h16-21,23-24H,3-15,22H2,1-2H3. The number of methoxy groups -OCH3 is 1. The van der Waals surface area contributed by atoms with Gasteiger partial charge in [0.1, 0.15) is 0 Å². The monoisotopic (exact) mass is 472 g/mol. The minimum atomic E-state index is -0.916. The highest BCUT2D eigenvalue weighted by molar-refractivity contribution is 5.65. The second-order valence-corrected chi connectivity index (χ2v) is 9.84. The molecule has 0 amide bonds. The van der Waals surface area contributed by atoms with Crippen LogP contribution in [0.4, 0.5) is 8.78 Å². The molecule has 0 aromatic heterocycles. The Hall–Kier alpha value is -1.94. The van der Waals surface area contributed by atoms with Gasteiger partial charge in [0.05, 0.1) is 6.61 Å². The third-order valence-electron chi connectivity index (χ3n) is 7.38. The van der Waals surface area contributed by atoms with Gasteiger partial charge in [-0.3, -0.25) is 0 Å². The molecule has 0 aliphatic heterocycles. The van der Waals surface area contributed by atoms with Gasteiger partial charge >= 0.3 is 0 Å². The van der Waals surface area contributed by atoms with E-state index in [0.29, 0.717) is 12.2 Å². The van der Waals surface area contributed by atoms with E-state index in [0.717, 1.165) is 24.9 Å². The lowest BCUT2D eigenvalue weighted by Crippen LogP contribution is -2.15. The van der Waals surface area contributed by atoms with Crippen molar-refractivity contribution in [1.29, 1.82) is 0 Å². The van der Waals surface area contributed by atoms with Crippen molar-refractivity contribution in [3.63, 3.8) is 0 Å². The number of unbranched alkanes of at least 4 members (excludes halogenated alkanes) is 4. The smallest absolute Gasteiger partial charge is 0.201 e. The lowest BCUT2D eigenvalue weighted by atomic mass is 9.77. The first-order valence-electron chi connectivity index (χ1n) is 13.3. The Labute approximate surface area is 205 Å². The molecule has 188 valence electrons. The van der Waals surface area contributed by atoms with Crippen LogP contribution in [0.15, 0.2) is 36.4 Å². The average molecular weight is 473 g/mol. The van der Waals surface area contributed by atoms with Gasteiger partial charge in [-0.2, -0.15) is 4.39 Å². The summed E-state index contributed by atoms with van der Waals surface area (Å²) in [7, 11) is 1.78. The fraction of sp³-hybridized carbons (Fsp3) is 0.600.